The van der Waals surface area contributed by atoms with Crippen LogP contribution in [0.15, 0.2) is 30.3 Å². The molecule has 6 heteroatoms. The zero-order chi connectivity index (χ0) is 18.1. The second-order valence-corrected chi connectivity index (χ2v) is 7.14. The highest BCUT2D eigenvalue weighted by Crippen LogP contribution is 2.34. The number of hydrogen-bond acceptors (Lipinski definition) is 5. The molecule has 136 valence electrons. The normalized spacial score (nSPS) is 17.3. The van der Waals surface area contributed by atoms with Crippen LogP contribution in [0.3, 0.4) is 0 Å². The zero-order valence-electron chi connectivity index (χ0n) is 15.5. The van der Waals surface area contributed by atoms with E-state index in [1.807, 2.05) is 0 Å². The first-order valence-electron chi connectivity index (χ1n) is 9.46. The average Bonchev–Trinajstić information content (AvgIpc) is 3.28. The predicted octanol–water partition coefficient (Wildman–Crippen LogP) is 3.28. The van der Waals surface area contributed by atoms with Gasteiger partial charge in [0, 0.05) is 32.5 Å². The number of aromatic nitrogens is 4. The van der Waals surface area contributed by atoms with Gasteiger partial charge in [-0.05, 0) is 18.4 Å². The van der Waals surface area contributed by atoms with Crippen molar-refractivity contribution in [2.24, 2.45) is 7.05 Å². The first kappa shape index (κ1) is 16.8. The van der Waals surface area contributed by atoms with Gasteiger partial charge in [-0.15, -0.1) is 10.2 Å². The third kappa shape index (κ3) is 2.89. The van der Waals surface area contributed by atoms with Crippen LogP contribution in [0.25, 0.3) is 11.0 Å². The molecule has 4 rings (SSSR count). The lowest BCUT2D eigenvalue weighted by molar-refractivity contribution is 0.719. The zero-order valence-corrected chi connectivity index (χ0v) is 15.5. The van der Waals surface area contributed by atoms with Gasteiger partial charge in [-0.25, -0.2) is 4.98 Å². The van der Waals surface area contributed by atoms with Gasteiger partial charge in [0.1, 0.15) is 16.9 Å². The molecule has 26 heavy (non-hydrogen) atoms. The SMILES string of the molecule is CCCCc1nc2c(N)nnc(N3CCC(c4ccccc4)C3)c2n1C. The number of nitrogen functional groups attached to an aromatic ring is 1. The largest absolute Gasteiger partial charge is 0.380 e. The molecule has 1 atom stereocenters. The first-order chi connectivity index (χ1) is 12.7. The van der Waals surface area contributed by atoms with E-state index in [0.717, 1.165) is 61.4 Å². The van der Waals surface area contributed by atoms with Crippen molar-refractivity contribution in [2.75, 3.05) is 23.7 Å². The number of aryl methyl sites for hydroxylation is 2. The van der Waals surface area contributed by atoms with Crippen LogP contribution in [0.5, 0.6) is 0 Å². The lowest BCUT2D eigenvalue weighted by Gasteiger charge is -2.18. The molecule has 6 nitrogen and oxygen atoms in total. The highest BCUT2D eigenvalue weighted by Gasteiger charge is 2.28. The highest BCUT2D eigenvalue weighted by atomic mass is 15.3. The van der Waals surface area contributed by atoms with E-state index in [1.54, 1.807) is 0 Å². The molecule has 0 amide bonds. The third-order valence-electron chi connectivity index (χ3n) is 5.41. The summed E-state index contributed by atoms with van der Waals surface area (Å²) in [5, 5.41) is 8.66. The van der Waals surface area contributed by atoms with E-state index in [-0.39, 0.29) is 0 Å². The quantitative estimate of drug-likeness (QED) is 0.764. The van der Waals surface area contributed by atoms with Gasteiger partial charge in [0.2, 0.25) is 0 Å². The second kappa shape index (κ2) is 6.94. The summed E-state index contributed by atoms with van der Waals surface area (Å²) in [6.45, 7) is 4.12. The monoisotopic (exact) mass is 350 g/mol. The van der Waals surface area contributed by atoms with Crippen molar-refractivity contribution in [1.29, 1.82) is 0 Å². The fraction of sp³-hybridized carbons (Fsp3) is 0.450. The summed E-state index contributed by atoms with van der Waals surface area (Å²) in [7, 11) is 2.07. The van der Waals surface area contributed by atoms with Gasteiger partial charge in [0.15, 0.2) is 11.6 Å². The lowest BCUT2D eigenvalue weighted by atomic mass is 9.99. The summed E-state index contributed by atoms with van der Waals surface area (Å²) in [4.78, 5) is 7.10. The molecule has 0 spiro atoms. The molecule has 1 fully saturated rings. The van der Waals surface area contributed by atoms with Crippen LogP contribution in [0.1, 0.15) is 43.5 Å². The van der Waals surface area contributed by atoms with E-state index < -0.39 is 0 Å². The number of unbranched alkanes of at least 4 members (excludes halogenated alkanes) is 1. The molecule has 3 heterocycles. The summed E-state index contributed by atoms with van der Waals surface area (Å²) in [5.74, 6) is 2.91. The molecule has 1 aliphatic heterocycles. The fourth-order valence-corrected chi connectivity index (χ4v) is 3.90. The second-order valence-electron chi connectivity index (χ2n) is 7.14. The maximum absolute atomic E-state index is 6.09. The molecule has 0 bridgehead atoms. The number of hydrogen-bond donors (Lipinski definition) is 1. The maximum atomic E-state index is 6.09. The van der Waals surface area contributed by atoms with E-state index in [4.69, 9.17) is 10.7 Å². The van der Waals surface area contributed by atoms with Crippen LogP contribution < -0.4 is 10.6 Å². The van der Waals surface area contributed by atoms with Crippen molar-refractivity contribution in [1.82, 2.24) is 19.7 Å². The molecular weight excluding hydrogens is 324 g/mol. The van der Waals surface area contributed by atoms with Gasteiger partial charge in [0.25, 0.3) is 0 Å². The lowest BCUT2D eigenvalue weighted by Crippen LogP contribution is -2.22. The molecule has 1 aromatic carbocycles. The Kier molecular flexibility index (Phi) is 4.49. The summed E-state index contributed by atoms with van der Waals surface area (Å²) >= 11 is 0. The van der Waals surface area contributed by atoms with E-state index in [1.165, 1.54) is 5.56 Å². The number of nitrogens with two attached hydrogens (primary N) is 1. The molecular formula is C20H26N6. The van der Waals surface area contributed by atoms with Crippen LogP contribution in [0.2, 0.25) is 0 Å². The number of anilines is 2. The van der Waals surface area contributed by atoms with Gasteiger partial charge in [-0.1, -0.05) is 43.7 Å². The molecule has 3 aromatic rings. The van der Waals surface area contributed by atoms with Crippen molar-refractivity contribution in [3.05, 3.63) is 41.7 Å². The van der Waals surface area contributed by atoms with Gasteiger partial charge >= 0.3 is 0 Å². The van der Waals surface area contributed by atoms with E-state index in [2.05, 4.69) is 64.0 Å². The highest BCUT2D eigenvalue weighted by molar-refractivity contribution is 5.93. The van der Waals surface area contributed by atoms with Crippen LogP contribution in [-0.2, 0) is 13.5 Å². The Hall–Kier alpha value is -2.63. The topological polar surface area (TPSA) is 72.9 Å². The van der Waals surface area contributed by atoms with Gasteiger partial charge in [-0.2, -0.15) is 0 Å². The molecule has 1 unspecified atom stereocenters. The average molecular weight is 350 g/mol. The summed E-state index contributed by atoms with van der Waals surface area (Å²) in [5.41, 5.74) is 9.27. The third-order valence-corrected chi connectivity index (χ3v) is 5.41. The van der Waals surface area contributed by atoms with E-state index >= 15 is 0 Å². The Morgan fingerprint density at radius 3 is 2.77 bits per heavy atom. The Balaban J connectivity index is 1.68. The molecule has 1 aliphatic rings. The number of nitrogens with zero attached hydrogens (tertiary/aromatic N) is 5. The van der Waals surface area contributed by atoms with Crippen LogP contribution >= 0.6 is 0 Å². The molecule has 0 aliphatic carbocycles. The Labute approximate surface area is 154 Å². The van der Waals surface area contributed by atoms with Crippen LogP contribution in [0, 0.1) is 0 Å². The summed E-state index contributed by atoms with van der Waals surface area (Å²) in [6, 6.07) is 10.7. The fourth-order valence-electron chi connectivity index (χ4n) is 3.90. The Bertz CT molecular complexity index is 902. The maximum Gasteiger partial charge on any atom is 0.177 e. The smallest absolute Gasteiger partial charge is 0.177 e. The van der Waals surface area contributed by atoms with Crippen molar-refractivity contribution in [3.8, 4) is 0 Å². The molecule has 0 radical (unpaired) electrons. The number of imidazole rings is 1. The van der Waals surface area contributed by atoms with E-state index in [9.17, 15) is 0 Å². The molecule has 2 aromatic heterocycles. The van der Waals surface area contributed by atoms with Gasteiger partial charge in [-0.3, -0.25) is 0 Å². The van der Waals surface area contributed by atoms with Crippen molar-refractivity contribution in [3.63, 3.8) is 0 Å². The molecule has 2 N–H and O–H groups in total. The molecule has 0 saturated carbocycles. The minimum Gasteiger partial charge on any atom is -0.380 e. The van der Waals surface area contributed by atoms with Crippen LogP contribution in [-0.4, -0.2) is 32.8 Å². The van der Waals surface area contributed by atoms with Crippen molar-refractivity contribution in [2.45, 2.75) is 38.5 Å². The van der Waals surface area contributed by atoms with Crippen molar-refractivity contribution < 1.29 is 0 Å². The number of fused-ring (bicyclic) bond motifs is 1. The Morgan fingerprint density at radius 1 is 1.19 bits per heavy atom. The molecule has 1 saturated heterocycles. The van der Waals surface area contributed by atoms with E-state index in [0.29, 0.717) is 11.7 Å². The minimum absolute atomic E-state index is 0.418. The Morgan fingerprint density at radius 2 is 2.00 bits per heavy atom. The van der Waals surface area contributed by atoms with Gasteiger partial charge in [0.05, 0.1) is 0 Å². The predicted molar refractivity (Wildman–Crippen MR) is 105 cm³/mol. The van der Waals surface area contributed by atoms with Crippen LogP contribution in [0.4, 0.5) is 11.6 Å². The van der Waals surface area contributed by atoms with Crippen molar-refractivity contribution >= 4 is 22.7 Å². The number of benzene rings is 1. The summed E-state index contributed by atoms with van der Waals surface area (Å²) < 4.78 is 2.15. The standard InChI is InChI=1S/C20H26N6/c1-3-4-10-16-22-17-18(25(16)2)20(24-23-19(17)21)26-12-11-15(13-26)14-8-6-5-7-9-14/h5-9,15H,3-4,10-13H2,1-2H3,(H2,21,23). The number of rotatable bonds is 5. The minimum atomic E-state index is 0.418. The first-order valence-corrected chi connectivity index (χ1v) is 9.46. The summed E-state index contributed by atoms with van der Waals surface area (Å²) in [6.07, 6.45) is 4.34. The van der Waals surface area contributed by atoms with Gasteiger partial charge < -0.3 is 15.2 Å².